The number of aromatic nitrogens is 1. The smallest absolute Gasteiger partial charge is 0.407 e. The summed E-state index contributed by atoms with van der Waals surface area (Å²) in [4.78, 5) is 39.2. The number of aromatic carboxylic acids is 1. The lowest BCUT2D eigenvalue weighted by Gasteiger charge is -2.19. The molecule has 0 fully saturated rings. The Morgan fingerprint density at radius 3 is 2.23 bits per heavy atom. The number of nitrogens with zero attached hydrogens (tertiary/aromatic N) is 1. The van der Waals surface area contributed by atoms with Crippen LogP contribution in [0.5, 0.6) is 0 Å². The number of rotatable bonds is 8. The van der Waals surface area contributed by atoms with Crippen LogP contribution in [0.2, 0.25) is 0 Å². The monoisotopic (exact) mass is 481 g/mol. The summed E-state index contributed by atoms with van der Waals surface area (Å²) in [6.45, 7) is -0.0599. The molecule has 0 saturated heterocycles. The Bertz CT molecular complexity index is 1220. The maximum atomic E-state index is 13.5. The van der Waals surface area contributed by atoms with Gasteiger partial charge in [-0.1, -0.05) is 48.5 Å². The van der Waals surface area contributed by atoms with Crippen molar-refractivity contribution in [3.8, 4) is 11.1 Å². The lowest BCUT2D eigenvalue weighted by Crippen LogP contribution is -2.43. The van der Waals surface area contributed by atoms with Crippen molar-refractivity contribution in [1.29, 1.82) is 0 Å². The summed E-state index contributed by atoms with van der Waals surface area (Å²) in [6, 6.07) is 14.7. The van der Waals surface area contributed by atoms with Crippen molar-refractivity contribution in [1.82, 2.24) is 10.3 Å². The van der Waals surface area contributed by atoms with Crippen molar-refractivity contribution in [3.63, 3.8) is 0 Å². The van der Waals surface area contributed by atoms with Crippen molar-refractivity contribution in [2.75, 3.05) is 11.9 Å². The Morgan fingerprint density at radius 2 is 1.63 bits per heavy atom. The van der Waals surface area contributed by atoms with E-state index in [4.69, 9.17) is 9.84 Å². The number of carboxylic acids is 1. The third kappa shape index (κ3) is 5.43. The Hall–Kier alpha value is -4.34. The molecule has 1 unspecified atom stereocenters. The van der Waals surface area contributed by atoms with Crippen molar-refractivity contribution >= 4 is 23.7 Å². The van der Waals surface area contributed by atoms with E-state index in [1.165, 1.54) is 6.20 Å². The van der Waals surface area contributed by atoms with Crippen molar-refractivity contribution in [3.05, 3.63) is 83.7 Å². The molecule has 3 N–H and O–H groups in total. The first-order valence-electron chi connectivity index (χ1n) is 10.7. The van der Waals surface area contributed by atoms with E-state index in [0.717, 1.165) is 34.5 Å². The molecule has 10 heteroatoms. The number of ether oxygens (including phenoxy) is 1. The van der Waals surface area contributed by atoms with Gasteiger partial charge in [0.05, 0.1) is 23.9 Å². The zero-order valence-corrected chi connectivity index (χ0v) is 18.3. The summed E-state index contributed by atoms with van der Waals surface area (Å²) >= 11 is 0. The number of hydrogen-bond acceptors (Lipinski definition) is 5. The zero-order valence-electron chi connectivity index (χ0n) is 18.3. The Labute approximate surface area is 199 Å². The summed E-state index contributed by atoms with van der Waals surface area (Å²) in [5.41, 5.74) is 3.86. The maximum absolute atomic E-state index is 13.5. The summed E-state index contributed by atoms with van der Waals surface area (Å²) in [6.07, 6.45) is -2.59. The second-order valence-corrected chi connectivity index (χ2v) is 7.93. The fourth-order valence-corrected chi connectivity index (χ4v) is 4.03. The van der Waals surface area contributed by atoms with Gasteiger partial charge in [0, 0.05) is 12.1 Å². The number of amides is 2. The Kier molecular flexibility index (Phi) is 7.00. The van der Waals surface area contributed by atoms with Crippen LogP contribution in [-0.2, 0) is 9.53 Å². The van der Waals surface area contributed by atoms with Gasteiger partial charge in [0.25, 0.3) is 6.43 Å². The molecule has 2 aromatic carbocycles. The van der Waals surface area contributed by atoms with Crippen LogP contribution in [0.1, 0.15) is 33.8 Å². The average molecular weight is 481 g/mol. The number of alkyl carbamates (subject to hydrolysis) is 1. The maximum Gasteiger partial charge on any atom is 0.407 e. The largest absolute Gasteiger partial charge is 0.478 e. The number of carboxylic acid groups (broad SMARTS) is 1. The van der Waals surface area contributed by atoms with Gasteiger partial charge in [0.2, 0.25) is 5.91 Å². The minimum Gasteiger partial charge on any atom is -0.478 e. The molecule has 1 aliphatic rings. The van der Waals surface area contributed by atoms with Crippen LogP contribution in [0.25, 0.3) is 11.1 Å². The highest BCUT2D eigenvalue weighted by Crippen LogP contribution is 2.44. The van der Waals surface area contributed by atoms with Crippen LogP contribution < -0.4 is 10.6 Å². The normalized spacial score (nSPS) is 13.0. The number of alkyl halides is 2. The highest BCUT2D eigenvalue weighted by Gasteiger charge is 2.30. The van der Waals surface area contributed by atoms with E-state index in [2.05, 4.69) is 15.6 Å². The number of pyridine rings is 1. The number of carbonyl (C=O) groups is 3. The molecule has 4 rings (SSSR count). The highest BCUT2D eigenvalue weighted by atomic mass is 19.3. The van der Waals surface area contributed by atoms with Gasteiger partial charge in [-0.3, -0.25) is 9.78 Å². The van der Waals surface area contributed by atoms with Crippen LogP contribution in [0.15, 0.2) is 67.0 Å². The number of fused-ring (bicyclic) bond motifs is 3. The fraction of sp³-hybridized carbons (Fsp3) is 0.200. The predicted octanol–water partition coefficient (Wildman–Crippen LogP) is 4.28. The molecule has 0 radical (unpaired) electrons. The van der Waals surface area contributed by atoms with E-state index in [-0.39, 0.29) is 23.8 Å². The molecule has 0 spiro atoms. The topological polar surface area (TPSA) is 118 Å². The molecule has 1 heterocycles. The van der Waals surface area contributed by atoms with E-state index in [1.54, 1.807) is 0 Å². The first kappa shape index (κ1) is 23.8. The van der Waals surface area contributed by atoms with E-state index in [1.807, 2.05) is 48.5 Å². The number of halogens is 2. The molecule has 3 aromatic rings. The van der Waals surface area contributed by atoms with Gasteiger partial charge in [-0.05, 0) is 28.3 Å². The van der Waals surface area contributed by atoms with Crippen molar-refractivity contribution in [2.24, 2.45) is 0 Å². The summed E-state index contributed by atoms with van der Waals surface area (Å²) in [5.74, 6) is -2.34. The third-order valence-corrected chi connectivity index (χ3v) is 5.63. The Morgan fingerprint density at radius 1 is 1.00 bits per heavy atom. The van der Waals surface area contributed by atoms with Gasteiger partial charge in [-0.25, -0.2) is 18.4 Å². The fourth-order valence-electron chi connectivity index (χ4n) is 4.03. The minimum atomic E-state index is -3.04. The van der Waals surface area contributed by atoms with Gasteiger partial charge in [0.15, 0.2) is 0 Å². The molecular formula is C25H21F2N3O5. The van der Waals surface area contributed by atoms with Gasteiger partial charge in [-0.15, -0.1) is 0 Å². The van der Waals surface area contributed by atoms with E-state index in [0.29, 0.717) is 0 Å². The van der Waals surface area contributed by atoms with E-state index in [9.17, 15) is 23.2 Å². The lowest BCUT2D eigenvalue weighted by atomic mass is 9.98. The summed E-state index contributed by atoms with van der Waals surface area (Å²) < 4.78 is 32.3. The third-order valence-electron chi connectivity index (χ3n) is 5.63. The molecule has 8 nitrogen and oxygen atoms in total. The van der Waals surface area contributed by atoms with Gasteiger partial charge in [0.1, 0.15) is 12.6 Å². The number of carbonyl (C=O) groups excluding carboxylic acids is 2. The molecule has 0 saturated carbocycles. The minimum absolute atomic E-state index is 0.0315. The average Bonchev–Trinajstić information content (AvgIpc) is 3.16. The van der Waals surface area contributed by atoms with Crippen LogP contribution in [0.4, 0.5) is 19.3 Å². The molecule has 1 atom stereocenters. The van der Waals surface area contributed by atoms with Crippen molar-refractivity contribution in [2.45, 2.75) is 24.8 Å². The van der Waals surface area contributed by atoms with E-state index >= 15 is 0 Å². The van der Waals surface area contributed by atoms with Gasteiger partial charge in [-0.2, -0.15) is 0 Å². The highest BCUT2D eigenvalue weighted by molar-refractivity contribution is 5.93. The number of benzene rings is 2. The SMILES string of the molecule is O=C(CC(NC(=O)OCC1c2ccccc2-c2ccccc21)C(F)F)Nc1cncc(C(=O)O)c1. The van der Waals surface area contributed by atoms with Crippen LogP contribution >= 0.6 is 0 Å². The molecule has 2 amide bonds. The van der Waals surface area contributed by atoms with E-state index < -0.39 is 36.9 Å². The molecule has 1 aliphatic carbocycles. The van der Waals surface area contributed by atoms with Crippen LogP contribution in [0, 0.1) is 0 Å². The van der Waals surface area contributed by atoms with Crippen LogP contribution in [0.3, 0.4) is 0 Å². The van der Waals surface area contributed by atoms with Gasteiger partial charge < -0.3 is 20.5 Å². The molecule has 1 aromatic heterocycles. The summed E-state index contributed by atoms with van der Waals surface area (Å²) in [7, 11) is 0. The first-order chi connectivity index (χ1) is 16.8. The summed E-state index contributed by atoms with van der Waals surface area (Å²) in [5, 5.41) is 13.3. The quantitative estimate of drug-likeness (QED) is 0.442. The molecule has 180 valence electrons. The molecule has 35 heavy (non-hydrogen) atoms. The second kappa shape index (κ2) is 10.3. The lowest BCUT2D eigenvalue weighted by molar-refractivity contribution is -0.117. The molecule has 0 bridgehead atoms. The predicted molar refractivity (Wildman–Crippen MR) is 122 cm³/mol. The molecular weight excluding hydrogens is 460 g/mol. The standard InChI is InChI=1S/C25H21F2N3O5/c26-23(27)21(10-22(31)29-15-9-14(24(32)33)11-28-12-15)30-25(34)35-13-20-18-7-3-1-5-16(18)17-6-2-4-8-19(17)20/h1-9,11-12,20-21,23H,10,13H2,(H,29,31)(H,30,34)(H,32,33). The van der Waals surface area contributed by atoms with Crippen molar-refractivity contribution < 1.29 is 33.0 Å². The van der Waals surface area contributed by atoms with Gasteiger partial charge >= 0.3 is 12.1 Å². The molecule has 0 aliphatic heterocycles. The Balaban J connectivity index is 1.36. The number of nitrogens with one attached hydrogen (secondary N) is 2. The number of hydrogen-bond donors (Lipinski definition) is 3. The van der Waals surface area contributed by atoms with Crippen LogP contribution in [-0.4, -0.2) is 47.1 Å². The zero-order chi connectivity index (χ0) is 24.9. The first-order valence-corrected chi connectivity index (χ1v) is 10.7. The second-order valence-electron chi connectivity index (χ2n) is 7.93. The number of anilines is 1.